The Hall–Kier alpha value is -1.43. The number of carbonyl (C=O) groups excluding carboxylic acids is 1. The van der Waals surface area contributed by atoms with E-state index in [0.717, 1.165) is 5.56 Å². The van der Waals surface area contributed by atoms with Crippen molar-refractivity contribution >= 4 is 5.91 Å². The Kier molecular flexibility index (Phi) is 4.69. The van der Waals surface area contributed by atoms with Gasteiger partial charge in [-0.1, -0.05) is 30.3 Å². The zero-order valence-electron chi connectivity index (χ0n) is 10.0. The van der Waals surface area contributed by atoms with E-state index >= 15 is 0 Å². The molecule has 1 fully saturated rings. The standard InChI is InChI=1S/C13H17NO4/c15-8-11(10-4-2-1-3-5-10)14-13(16)12-9-17-6-7-18-12/h1-5,11-12,15H,6-9H2,(H,14,16)/t11-,12?/m0/s1. The molecule has 2 atom stereocenters. The fourth-order valence-electron chi connectivity index (χ4n) is 1.82. The van der Waals surface area contributed by atoms with E-state index in [1.165, 1.54) is 0 Å². The van der Waals surface area contributed by atoms with Crippen LogP contribution in [-0.4, -0.2) is 43.5 Å². The molecule has 2 rings (SSSR count). The number of amides is 1. The fraction of sp³-hybridized carbons (Fsp3) is 0.462. The third-order valence-corrected chi connectivity index (χ3v) is 2.81. The highest BCUT2D eigenvalue weighted by Crippen LogP contribution is 2.12. The van der Waals surface area contributed by atoms with Crippen LogP contribution in [0.15, 0.2) is 30.3 Å². The van der Waals surface area contributed by atoms with Crippen LogP contribution in [0.1, 0.15) is 11.6 Å². The van der Waals surface area contributed by atoms with Crippen LogP contribution in [0.2, 0.25) is 0 Å². The van der Waals surface area contributed by atoms with Gasteiger partial charge in [-0.05, 0) is 5.56 Å². The van der Waals surface area contributed by atoms with Crippen molar-refractivity contribution in [3.05, 3.63) is 35.9 Å². The molecule has 0 saturated carbocycles. The highest BCUT2D eigenvalue weighted by atomic mass is 16.6. The molecule has 2 N–H and O–H groups in total. The van der Waals surface area contributed by atoms with Crippen molar-refractivity contribution in [2.75, 3.05) is 26.4 Å². The Labute approximate surface area is 106 Å². The van der Waals surface area contributed by atoms with Gasteiger partial charge in [-0.3, -0.25) is 4.79 Å². The summed E-state index contributed by atoms with van der Waals surface area (Å²) in [6.07, 6.45) is -0.587. The van der Waals surface area contributed by atoms with E-state index in [1.54, 1.807) is 0 Å². The zero-order valence-corrected chi connectivity index (χ0v) is 10.0. The molecular formula is C13H17NO4. The first-order valence-corrected chi connectivity index (χ1v) is 5.97. The number of ether oxygens (including phenoxy) is 2. The van der Waals surface area contributed by atoms with Crippen LogP contribution in [0, 0.1) is 0 Å². The molecule has 1 aliphatic heterocycles. The average Bonchev–Trinajstić information content (AvgIpc) is 2.46. The van der Waals surface area contributed by atoms with Crippen molar-refractivity contribution in [3.8, 4) is 0 Å². The van der Waals surface area contributed by atoms with Crippen molar-refractivity contribution in [2.24, 2.45) is 0 Å². The van der Waals surface area contributed by atoms with E-state index in [0.29, 0.717) is 13.2 Å². The molecule has 5 nitrogen and oxygen atoms in total. The minimum Gasteiger partial charge on any atom is -0.394 e. The van der Waals surface area contributed by atoms with Gasteiger partial charge in [-0.15, -0.1) is 0 Å². The summed E-state index contributed by atoms with van der Waals surface area (Å²) in [6, 6.07) is 8.93. The lowest BCUT2D eigenvalue weighted by molar-refractivity contribution is -0.148. The summed E-state index contributed by atoms with van der Waals surface area (Å²) in [4.78, 5) is 11.9. The van der Waals surface area contributed by atoms with Gasteiger partial charge in [0.05, 0.1) is 32.5 Å². The van der Waals surface area contributed by atoms with Crippen molar-refractivity contribution < 1.29 is 19.4 Å². The summed E-state index contributed by atoms with van der Waals surface area (Å²) in [5.41, 5.74) is 0.866. The molecule has 1 aliphatic rings. The maximum atomic E-state index is 11.9. The van der Waals surface area contributed by atoms with Crippen molar-refractivity contribution in [1.82, 2.24) is 5.32 Å². The molecule has 5 heteroatoms. The van der Waals surface area contributed by atoms with E-state index in [-0.39, 0.29) is 19.1 Å². The molecule has 1 saturated heterocycles. The number of hydrogen-bond acceptors (Lipinski definition) is 4. The molecule has 1 amide bonds. The topological polar surface area (TPSA) is 67.8 Å². The van der Waals surface area contributed by atoms with Gasteiger partial charge in [0.15, 0.2) is 6.10 Å². The Bertz CT molecular complexity index is 376. The quantitative estimate of drug-likeness (QED) is 0.805. The highest BCUT2D eigenvalue weighted by molar-refractivity contribution is 5.81. The van der Waals surface area contributed by atoms with Crippen LogP contribution in [0.25, 0.3) is 0 Å². The molecular weight excluding hydrogens is 234 g/mol. The molecule has 0 aliphatic carbocycles. The van der Waals surface area contributed by atoms with Crippen molar-refractivity contribution in [1.29, 1.82) is 0 Å². The fourth-order valence-corrected chi connectivity index (χ4v) is 1.82. The van der Waals surface area contributed by atoms with Crippen LogP contribution >= 0.6 is 0 Å². The molecule has 0 spiro atoms. The summed E-state index contributed by atoms with van der Waals surface area (Å²) in [7, 11) is 0. The second-order valence-corrected chi connectivity index (χ2v) is 4.09. The van der Waals surface area contributed by atoms with Gasteiger partial charge in [0.25, 0.3) is 5.91 Å². The van der Waals surface area contributed by atoms with Crippen molar-refractivity contribution in [2.45, 2.75) is 12.1 Å². The summed E-state index contributed by atoms with van der Waals surface area (Å²) in [6.45, 7) is 1.06. The lowest BCUT2D eigenvalue weighted by Gasteiger charge is -2.24. The number of rotatable bonds is 4. The van der Waals surface area contributed by atoms with Crippen LogP contribution in [0.4, 0.5) is 0 Å². The van der Waals surface area contributed by atoms with Gasteiger partial charge in [-0.2, -0.15) is 0 Å². The van der Waals surface area contributed by atoms with E-state index in [1.807, 2.05) is 30.3 Å². The van der Waals surface area contributed by atoms with E-state index in [2.05, 4.69) is 5.32 Å². The monoisotopic (exact) mass is 251 g/mol. The zero-order chi connectivity index (χ0) is 12.8. The maximum Gasteiger partial charge on any atom is 0.252 e. The summed E-state index contributed by atoms with van der Waals surface area (Å²) in [5, 5.41) is 12.1. The third kappa shape index (κ3) is 3.29. The van der Waals surface area contributed by atoms with Crippen molar-refractivity contribution in [3.63, 3.8) is 0 Å². The smallest absolute Gasteiger partial charge is 0.252 e. The van der Waals surface area contributed by atoms with E-state index in [4.69, 9.17) is 9.47 Å². The molecule has 98 valence electrons. The number of hydrogen-bond donors (Lipinski definition) is 2. The van der Waals surface area contributed by atoms with Crippen LogP contribution in [0.3, 0.4) is 0 Å². The molecule has 0 radical (unpaired) electrons. The first kappa shape index (κ1) is 13.0. The molecule has 1 unspecified atom stereocenters. The molecule has 0 aromatic heterocycles. The Morgan fingerprint density at radius 1 is 1.39 bits per heavy atom. The second-order valence-electron chi connectivity index (χ2n) is 4.09. The number of aliphatic hydroxyl groups excluding tert-OH is 1. The van der Waals surface area contributed by atoms with Gasteiger partial charge in [0.2, 0.25) is 0 Å². The van der Waals surface area contributed by atoms with Gasteiger partial charge in [-0.25, -0.2) is 0 Å². The summed E-state index contributed by atoms with van der Waals surface area (Å²) < 4.78 is 10.5. The predicted molar refractivity (Wildman–Crippen MR) is 65.0 cm³/mol. The maximum absolute atomic E-state index is 11.9. The SMILES string of the molecule is O=C(N[C@@H](CO)c1ccccc1)C1COCCO1. The second kappa shape index (κ2) is 6.49. The minimum absolute atomic E-state index is 0.149. The molecule has 1 aromatic carbocycles. The lowest BCUT2D eigenvalue weighted by atomic mass is 10.1. The predicted octanol–water partition coefficient (Wildman–Crippen LogP) is 0.252. The van der Waals surface area contributed by atoms with E-state index in [9.17, 15) is 9.90 Å². The molecule has 0 bridgehead atoms. The Morgan fingerprint density at radius 2 is 2.17 bits per heavy atom. The Balaban J connectivity index is 1.95. The minimum atomic E-state index is -0.587. The van der Waals surface area contributed by atoms with Gasteiger partial charge < -0.3 is 19.9 Å². The largest absolute Gasteiger partial charge is 0.394 e. The first-order chi connectivity index (χ1) is 8.81. The number of carbonyl (C=O) groups is 1. The summed E-state index contributed by atoms with van der Waals surface area (Å²) in [5.74, 6) is -0.252. The van der Waals surface area contributed by atoms with Crippen LogP contribution in [0.5, 0.6) is 0 Å². The van der Waals surface area contributed by atoms with Gasteiger partial charge in [0.1, 0.15) is 0 Å². The highest BCUT2D eigenvalue weighted by Gasteiger charge is 2.25. The lowest BCUT2D eigenvalue weighted by Crippen LogP contribution is -2.44. The van der Waals surface area contributed by atoms with Gasteiger partial charge >= 0.3 is 0 Å². The Morgan fingerprint density at radius 3 is 2.78 bits per heavy atom. The average molecular weight is 251 g/mol. The molecule has 1 heterocycles. The molecule has 1 aromatic rings. The number of nitrogens with one attached hydrogen (secondary N) is 1. The third-order valence-electron chi connectivity index (χ3n) is 2.81. The van der Waals surface area contributed by atoms with Gasteiger partial charge in [0, 0.05) is 0 Å². The van der Waals surface area contributed by atoms with Crippen LogP contribution in [-0.2, 0) is 14.3 Å². The number of benzene rings is 1. The summed E-state index contributed by atoms with van der Waals surface area (Å²) >= 11 is 0. The molecule has 18 heavy (non-hydrogen) atoms. The van der Waals surface area contributed by atoms with Crippen LogP contribution < -0.4 is 5.32 Å². The normalized spacial score (nSPS) is 21.3. The van der Waals surface area contributed by atoms with E-state index < -0.39 is 12.1 Å². The number of aliphatic hydroxyl groups is 1. The first-order valence-electron chi connectivity index (χ1n) is 5.97.